The Bertz CT molecular complexity index is 597. The van der Waals surface area contributed by atoms with Gasteiger partial charge in [0, 0.05) is 25.6 Å². The van der Waals surface area contributed by atoms with E-state index in [2.05, 4.69) is 15.4 Å². The van der Waals surface area contributed by atoms with E-state index in [0.717, 1.165) is 0 Å². The van der Waals surface area contributed by atoms with Crippen molar-refractivity contribution in [3.05, 3.63) is 46.6 Å². The zero-order valence-corrected chi connectivity index (χ0v) is 10.4. The van der Waals surface area contributed by atoms with Gasteiger partial charge in [-0.2, -0.15) is 5.10 Å². The molecule has 1 amide bonds. The van der Waals surface area contributed by atoms with Crippen molar-refractivity contribution in [2.75, 3.05) is 19.0 Å². The molecule has 2 aromatic rings. The summed E-state index contributed by atoms with van der Waals surface area (Å²) in [5.41, 5.74) is 0.723. The highest BCUT2D eigenvalue weighted by atomic mass is 16.5. The number of carbonyl (C=O) groups excluding carboxylic acids is 1. The molecule has 0 fully saturated rings. The SMILES string of the molecule is COCCn1cc(NC(=O)c2ccc(=O)[nH]c2)cn1. The molecule has 2 heterocycles. The molecule has 0 aliphatic heterocycles. The first-order chi connectivity index (χ1) is 9.19. The molecule has 100 valence electrons. The summed E-state index contributed by atoms with van der Waals surface area (Å²) in [5, 5.41) is 6.77. The van der Waals surface area contributed by atoms with E-state index in [1.807, 2.05) is 0 Å². The van der Waals surface area contributed by atoms with E-state index in [-0.39, 0.29) is 11.5 Å². The predicted octanol–water partition coefficient (Wildman–Crippen LogP) is 0.470. The van der Waals surface area contributed by atoms with E-state index in [1.165, 1.54) is 18.3 Å². The normalized spacial score (nSPS) is 10.4. The number of pyridine rings is 1. The van der Waals surface area contributed by atoms with Crippen LogP contribution in [0, 0.1) is 0 Å². The van der Waals surface area contributed by atoms with Crippen molar-refractivity contribution in [2.24, 2.45) is 0 Å². The molecule has 2 aromatic heterocycles. The van der Waals surface area contributed by atoms with Gasteiger partial charge in [-0.25, -0.2) is 0 Å². The summed E-state index contributed by atoms with van der Waals surface area (Å²) in [4.78, 5) is 25.2. The number of methoxy groups -OCH3 is 1. The van der Waals surface area contributed by atoms with Gasteiger partial charge in [0.1, 0.15) is 0 Å². The number of amides is 1. The number of H-pyrrole nitrogens is 1. The van der Waals surface area contributed by atoms with Crippen LogP contribution in [-0.2, 0) is 11.3 Å². The van der Waals surface area contributed by atoms with Gasteiger partial charge in [0.15, 0.2) is 0 Å². The van der Waals surface area contributed by atoms with Crippen LogP contribution in [0.4, 0.5) is 5.69 Å². The highest BCUT2D eigenvalue weighted by molar-refractivity contribution is 6.03. The Kier molecular flexibility index (Phi) is 4.09. The maximum Gasteiger partial charge on any atom is 0.257 e. The molecular formula is C12H14N4O3. The summed E-state index contributed by atoms with van der Waals surface area (Å²) < 4.78 is 6.61. The van der Waals surface area contributed by atoms with Crippen molar-refractivity contribution in [3.63, 3.8) is 0 Å². The van der Waals surface area contributed by atoms with Crippen LogP contribution >= 0.6 is 0 Å². The zero-order valence-electron chi connectivity index (χ0n) is 10.4. The van der Waals surface area contributed by atoms with Gasteiger partial charge in [0.25, 0.3) is 5.91 Å². The average molecular weight is 262 g/mol. The molecule has 0 saturated carbocycles. The number of hydrogen-bond acceptors (Lipinski definition) is 4. The number of nitrogens with zero attached hydrogens (tertiary/aromatic N) is 2. The number of hydrogen-bond donors (Lipinski definition) is 2. The van der Waals surface area contributed by atoms with Gasteiger partial charge in [-0.15, -0.1) is 0 Å². The fraction of sp³-hybridized carbons (Fsp3) is 0.250. The number of aromatic nitrogens is 3. The summed E-state index contributed by atoms with van der Waals surface area (Å²) in [6.07, 6.45) is 4.63. The van der Waals surface area contributed by atoms with Gasteiger partial charge in [0.2, 0.25) is 5.56 Å². The minimum atomic E-state index is -0.303. The number of aromatic amines is 1. The predicted molar refractivity (Wildman–Crippen MR) is 69.1 cm³/mol. The third-order valence-electron chi connectivity index (χ3n) is 2.46. The lowest BCUT2D eigenvalue weighted by Gasteiger charge is -2.01. The lowest BCUT2D eigenvalue weighted by atomic mass is 10.2. The van der Waals surface area contributed by atoms with Crippen molar-refractivity contribution in [3.8, 4) is 0 Å². The Morgan fingerprint density at radius 2 is 2.37 bits per heavy atom. The molecule has 19 heavy (non-hydrogen) atoms. The fourth-order valence-electron chi connectivity index (χ4n) is 1.49. The first kappa shape index (κ1) is 13.0. The molecule has 7 nitrogen and oxygen atoms in total. The van der Waals surface area contributed by atoms with E-state index in [9.17, 15) is 9.59 Å². The second kappa shape index (κ2) is 5.96. The second-order valence-electron chi connectivity index (χ2n) is 3.88. The Morgan fingerprint density at radius 3 is 3.05 bits per heavy atom. The van der Waals surface area contributed by atoms with Gasteiger partial charge in [-0.3, -0.25) is 14.3 Å². The molecule has 0 unspecified atom stereocenters. The molecule has 0 aliphatic carbocycles. The summed E-state index contributed by atoms with van der Waals surface area (Å²) in [6, 6.07) is 2.76. The molecule has 0 radical (unpaired) electrons. The van der Waals surface area contributed by atoms with Crippen molar-refractivity contribution in [1.29, 1.82) is 0 Å². The Balaban J connectivity index is 2.00. The quantitative estimate of drug-likeness (QED) is 0.819. The number of anilines is 1. The molecule has 2 rings (SSSR count). The highest BCUT2D eigenvalue weighted by Gasteiger charge is 2.07. The van der Waals surface area contributed by atoms with Gasteiger partial charge < -0.3 is 15.0 Å². The number of ether oxygens (including phenoxy) is 1. The minimum absolute atomic E-state index is 0.246. The van der Waals surface area contributed by atoms with Crippen LogP contribution < -0.4 is 10.9 Å². The van der Waals surface area contributed by atoms with Crippen molar-refractivity contribution < 1.29 is 9.53 Å². The van der Waals surface area contributed by atoms with Crippen LogP contribution in [-0.4, -0.2) is 34.4 Å². The van der Waals surface area contributed by atoms with Crippen LogP contribution in [0.15, 0.2) is 35.5 Å². The second-order valence-corrected chi connectivity index (χ2v) is 3.88. The van der Waals surface area contributed by atoms with Crippen molar-refractivity contribution in [1.82, 2.24) is 14.8 Å². The van der Waals surface area contributed by atoms with E-state index >= 15 is 0 Å². The number of nitrogens with one attached hydrogen (secondary N) is 2. The standard InChI is InChI=1S/C12H14N4O3/c1-19-5-4-16-8-10(7-14-16)15-12(18)9-2-3-11(17)13-6-9/h2-3,6-8H,4-5H2,1H3,(H,13,17)(H,15,18). The zero-order chi connectivity index (χ0) is 13.7. The molecule has 0 bridgehead atoms. The third-order valence-corrected chi connectivity index (χ3v) is 2.46. The molecule has 2 N–H and O–H groups in total. The first-order valence-electron chi connectivity index (χ1n) is 5.70. The molecule has 7 heteroatoms. The van der Waals surface area contributed by atoms with E-state index in [4.69, 9.17) is 4.74 Å². The van der Waals surface area contributed by atoms with Crippen LogP contribution in [0.3, 0.4) is 0 Å². The van der Waals surface area contributed by atoms with E-state index < -0.39 is 0 Å². The van der Waals surface area contributed by atoms with Crippen LogP contribution in [0.1, 0.15) is 10.4 Å². The smallest absolute Gasteiger partial charge is 0.257 e. The first-order valence-corrected chi connectivity index (χ1v) is 5.70. The fourth-order valence-corrected chi connectivity index (χ4v) is 1.49. The molecule has 0 atom stereocenters. The molecule has 0 aliphatic rings. The summed E-state index contributed by atoms with van der Waals surface area (Å²) in [7, 11) is 1.61. The maximum absolute atomic E-state index is 11.9. The Morgan fingerprint density at radius 1 is 1.53 bits per heavy atom. The lowest BCUT2D eigenvalue weighted by Crippen LogP contribution is -2.14. The van der Waals surface area contributed by atoms with Gasteiger partial charge in [-0.1, -0.05) is 0 Å². The minimum Gasteiger partial charge on any atom is -0.383 e. The van der Waals surface area contributed by atoms with Crippen molar-refractivity contribution >= 4 is 11.6 Å². The summed E-state index contributed by atoms with van der Waals surface area (Å²) >= 11 is 0. The van der Waals surface area contributed by atoms with Crippen LogP contribution in [0.5, 0.6) is 0 Å². The molecular weight excluding hydrogens is 248 g/mol. The van der Waals surface area contributed by atoms with Crippen molar-refractivity contribution in [2.45, 2.75) is 6.54 Å². The Labute approximate surface area is 109 Å². The van der Waals surface area contributed by atoms with Gasteiger partial charge in [-0.05, 0) is 6.07 Å². The topological polar surface area (TPSA) is 89.0 Å². The van der Waals surface area contributed by atoms with E-state index in [0.29, 0.717) is 24.4 Å². The maximum atomic E-state index is 11.9. The monoisotopic (exact) mass is 262 g/mol. The Hall–Kier alpha value is -2.41. The van der Waals surface area contributed by atoms with Crippen LogP contribution in [0.2, 0.25) is 0 Å². The van der Waals surface area contributed by atoms with E-state index in [1.54, 1.807) is 24.2 Å². The van der Waals surface area contributed by atoms with Gasteiger partial charge >= 0.3 is 0 Å². The third kappa shape index (κ3) is 3.52. The van der Waals surface area contributed by atoms with Gasteiger partial charge in [0.05, 0.1) is 30.6 Å². The largest absolute Gasteiger partial charge is 0.383 e. The molecule has 0 saturated heterocycles. The summed E-state index contributed by atoms with van der Waals surface area (Å²) in [6.45, 7) is 1.17. The molecule has 0 aromatic carbocycles. The summed E-state index contributed by atoms with van der Waals surface area (Å²) in [5.74, 6) is -0.303. The average Bonchev–Trinajstić information content (AvgIpc) is 2.84. The lowest BCUT2D eigenvalue weighted by molar-refractivity contribution is 0.102. The number of carbonyl (C=O) groups is 1. The molecule has 0 spiro atoms. The van der Waals surface area contributed by atoms with Crippen LogP contribution in [0.25, 0.3) is 0 Å². The number of rotatable bonds is 5. The highest BCUT2D eigenvalue weighted by Crippen LogP contribution is 2.07.